The highest BCUT2D eigenvalue weighted by molar-refractivity contribution is 5.77. The molecular formula is C15H29N3O2. The van der Waals surface area contributed by atoms with E-state index in [0.29, 0.717) is 18.5 Å². The Morgan fingerprint density at radius 2 is 2.05 bits per heavy atom. The van der Waals surface area contributed by atoms with Crippen LogP contribution in [0, 0.1) is 0 Å². The van der Waals surface area contributed by atoms with Gasteiger partial charge in [0, 0.05) is 37.7 Å². The summed E-state index contributed by atoms with van der Waals surface area (Å²) in [6, 6.07) is 0.962. The highest BCUT2D eigenvalue weighted by atomic mass is 16.5. The number of rotatable bonds is 5. The smallest absolute Gasteiger partial charge is 0.220 e. The van der Waals surface area contributed by atoms with E-state index in [-0.39, 0.29) is 11.4 Å². The van der Waals surface area contributed by atoms with Crippen LogP contribution >= 0.6 is 0 Å². The Balaban J connectivity index is 1.76. The Labute approximate surface area is 122 Å². The predicted molar refractivity (Wildman–Crippen MR) is 79.7 cm³/mol. The molecule has 0 saturated carbocycles. The molecule has 0 aliphatic carbocycles. The van der Waals surface area contributed by atoms with Crippen molar-refractivity contribution in [2.75, 3.05) is 33.4 Å². The third-order valence-electron chi connectivity index (χ3n) is 4.63. The standard InChI is InChI=1S/C15H29N3O2/c1-15(2)13(4-5-14(19)17-15)16-12-6-8-18(9-7-12)10-11-20-3/h12-13,16H,4-11H2,1-3H3,(H,17,19). The lowest BCUT2D eigenvalue weighted by atomic mass is 9.85. The number of ether oxygens (including phenoxy) is 1. The van der Waals surface area contributed by atoms with Crippen molar-refractivity contribution in [1.29, 1.82) is 0 Å². The minimum Gasteiger partial charge on any atom is -0.383 e. The van der Waals surface area contributed by atoms with Crippen molar-refractivity contribution in [3.05, 3.63) is 0 Å². The molecule has 0 spiro atoms. The second kappa shape index (κ2) is 6.87. The topological polar surface area (TPSA) is 53.6 Å². The van der Waals surface area contributed by atoms with Gasteiger partial charge in [-0.25, -0.2) is 0 Å². The van der Waals surface area contributed by atoms with E-state index in [1.165, 1.54) is 12.8 Å². The lowest BCUT2D eigenvalue weighted by Crippen LogP contribution is -2.63. The number of nitrogens with one attached hydrogen (secondary N) is 2. The molecule has 0 aromatic rings. The fourth-order valence-corrected chi connectivity index (χ4v) is 3.27. The third-order valence-corrected chi connectivity index (χ3v) is 4.63. The summed E-state index contributed by atoms with van der Waals surface area (Å²) < 4.78 is 5.13. The van der Waals surface area contributed by atoms with Crippen LogP contribution in [0.25, 0.3) is 0 Å². The Morgan fingerprint density at radius 1 is 1.35 bits per heavy atom. The molecule has 0 aromatic carbocycles. The number of hydrogen-bond donors (Lipinski definition) is 2. The summed E-state index contributed by atoms with van der Waals surface area (Å²) in [6.45, 7) is 8.37. The van der Waals surface area contributed by atoms with Gasteiger partial charge in [0.2, 0.25) is 5.91 Å². The molecule has 2 rings (SSSR count). The van der Waals surface area contributed by atoms with Crippen LogP contribution in [0.1, 0.15) is 39.5 Å². The first kappa shape index (κ1) is 15.7. The largest absolute Gasteiger partial charge is 0.383 e. The summed E-state index contributed by atoms with van der Waals surface area (Å²) in [6.07, 6.45) is 3.96. The molecule has 1 atom stereocenters. The zero-order valence-electron chi connectivity index (χ0n) is 13.1. The summed E-state index contributed by atoms with van der Waals surface area (Å²) in [5.74, 6) is 0.183. The lowest BCUT2D eigenvalue weighted by Gasteiger charge is -2.43. The van der Waals surface area contributed by atoms with Crippen LogP contribution in [0.5, 0.6) is 0 Å². The summed E-state index contributed by atoms with van der Waals surface area (Å²) in [5.41, 5.74) is -0.136. The van der Waals surface area contributed by atoms with Crippen LogP contribution in [-0.2, 0) is 9.53 Å². The molecular weight excluding hydrogens is 254 g/mol. The van der Waals surface area contributed by atoms with Crippen LogP contribution < -0.4 is 10.6 Å². The number of nitrogens with zero attached hydrogens (tertiary/aromatic N) is 1. The number of likely N-dealkylation sites (tertiary alicyclic amines) is 1. The van der Waals surface area contributed by atoms with Crippen LogP contribution in [0.3, 0.4) is 0 Å². The fourth-order valence-electron chi connectivity index (χ4n) is 3.27. The van der Waals surface area contributed by atoms with Gasteiger partial charge in [-0.15, -0.1) is 0 Å². The van der Waals surface area contributed by atoms with E-state index < -0.39 is 0 Å². The summed E-state index contributed by atoms with van der Waals surface area (Å²) in [4.78, 5) is 14.0. The molecule has 2 aliphatic heterocycles. The van der Waals surface area contributed by atoms with Crippen molar-refractivity contribution in [1.82, 2.24) is 15.5 Å². The van der Waals surface area contributed by atoms with Gasteiger partial charge in [-0.2, -0.15) is 0 Å². The Kier molecular flexibility index (Phi) is 5.41. The molecule has 2 saturated heterocycles. The van der Waals surface area contributed by atoms with Crippen LogP contribution in [0.2, 0.25) is 0 Å². The Hall–Kier alpha value is -0.650. The van der Waals surface area contributed by atoms with Gasteiger partial charge in [-0.05, 0) is 46.2 Å². The van der Waals surface area contributed by atoms with E-state index in [1.807, 2.05) is 0 Å². The average Bonchev–Trinajstić information content (AvgIpc) is 2.40. The second-order valence-electron chi connectivity index (χ2n) is 6.64. The maximum Gasteiger partial charge on any atom is 0.220 e. The SMILES string of the molecule is COCCN1CCC(NC2CCC(=O)NC2(C)C)CC1. The number of carbonyl (C=O) groups excluding carboxylic acids is 1. The number of carbonyl (C=O) groups is 1. The van der Waals surface area contributed by atoms with Gasteiger partial charge < -0.3 is 20.3 Å². The molecule has 5 nitrogen and oxygen atoms in total. The molecule has 20 heavy (non-hydrogen) atoms. The second-order valence-corrected chi connectivity index (χ2v) is 6.64. The van der Waals surface area contributed by atoms with Crippen LogP contribution in [-0.4, -0.2) is 61.8 Å². The molecule has 2 N–H and O–H groups in total. The quantitative estimate of drug-likeness (QED) is 0.781. The van der Waals surface area contributed by atoms with E-state index in [0.717, 1.165) is 32.7 Å². The zero-order chi connectivity index (χ0) is 14.6. The van der Waals surface area contributed by atoms with Crippen molar-refractivity contribution in [2.24, 2.45) is 0 Å². The third kappa shape index (κ3) is 4.17. The molecule has 1 amide bonds. The maximum atomic E-state index is 11.5. The minimum absolute atomic E-state index is 0.136. The number of hydrogen-bond acceptors (Lipinski definition) is 4. The molecule has 2 heterocycles. The van der Waals surface area contributed by atoms with Crippen LogP contribution in [0.4, 0.5) is 0 Å². The van der Waals surface area contributed by atoms with Gasteiger partial charge >= 0.3 is 0 Å². The van der Waals surface area contributed by atoms with Gasteiger partial charge in [0.05, 0.1) is 6.61 Å². The van der Waals surface area contributed by atoms with Crippen molar-refractivity contribution < 1.29 is 9.53 Å². The first-order chi connectivity index (χ1) is 9.51. The van der Waals surface area contributed by atoms with E-state index in [4.69, 9.17) is 4.74 Å². The summed E-state index contributed by atoms with van der Waals surface area (Å²) >= 11 is 0. The lowest BCUT2D eigenvalue weighted by molar-refractivity contribution is -0.125. The monoisotopic (exact) mass is 283 g/mol. The van der Waals surface area contributed by atoms with Crippen molar-refractivity contribution in [3.63, 3.8) is 0 Å². The first-order valence-electron chi connectivity index (χ1n) is 7.79. The van der Waals surface area contributed by atoms with Gasteiger partial charge in [0.15, 0.2) is 0 Å². The first-order valence-corrected chi connectivity index (χ1v) is 7.79. The molecule has 0 radical (unpaired) electrons. The molecule has 1 unspecified atom stereocenters. The highest BCUT2D eigenvalue weighted by Crippen LogP contribution is 2.22. The van der Waals surface area contributed by atoms with Gasteiger partial charge in [-0.3, -0.25) is 4.79 Å². The van der Waals surface area contributed by atoms with E-state index in [2.05, 4.69) is 29.4 Å². The van der Waals surface area contributed by atoms with Gasteiger partial charge in [-0.1, -0.05) is 0 Å². The van der Waals surface area contributed by atoms with E-state index >= 15 is 0 Å². The van der Waals surface area contributed by atoms with Gasteiger partial charge in [0.25, 0.3) is 0 Å². The van der Waals surface area contributed by atoms with E-state index in [1.54, 1.807) is 7.11 Å². The molecule has 2 aliphatic rings. The van der Waals surface area contributed by atoms with E-state index in [9.17, 15) is 4.79 Å². The molecule has 0 bridgehead atoms. The summed E-state index contributed by atoms with van der Waals surface area (Å²) in [7, 11) is 1.76. The fraction of sp³-hybridized carbons (Fsp3) is 0.933. The molecule has 2 fully saturated rings. The Bertz CT molecular complexity index is 325. The number of methoxy groups -OCH3 is 1. The van der Waals surface area contributed by atoms with Crippen LogP contribution in [0.15, 0.2) is 0 Å². The molecule has 116 valence electrons. The maximum absolute atomic E-state index is 11.5. The van der Waals surface area contributed by atoms with Crippen molar-refractivity contribution in [2.45, 2.75) is 57.2 Å². The average molecular weight is 283 g/mol. The minimum atomic E-state index is -0.136. The Morgan fingerprint density at radius 3 is 2.65 bits per heavy atom. The molecule has 0 aromatic heterocycles. The summed E-state index contributed by atoms with van der Waals surface area (Å²) in [5, 5.41) is 6.88. The molecule has 5 heteroatoms. The van der Waals surface area contributed by atoms with Crippen molar-refractivity contribution >= 4 is 5.91 Å². The van der Waals surface area contributed by atoms with Crippen molar-refractivity contribution in [3.8, 4) is 0 Å². The normalized spacial score (nSPS) is 28.4. The van der Waals surface area contributed by atoms with Gasteiger partial charge in [0.1, 0.15) is 0 Å². The predicted octanol–water partition coefficient (Wildman–Crippen LogP) is 0.744. The highest BCUT2D eigenvalue weighted by Gasteiger charge is 2.36. The number of piperidine rings is 2. The number of amides is 1. The zero-order valence-corrected chi connectivity index (χ0v) is 13.1.